The van der Waals surface area contributed by atoms with Gasteiger partial charge >= 0.3 is 5.97 Å². The largest absolute Gasteiger partial charge is 0.459 e. The first kappa shape index (κ1) is 17.4. The third kappa shape index (κ3) is 5.38. The summed E-state index contributed by atoms with van der Waals surface area (Å²) < 4.78 is 33.4. The summed E-state index contributed by atoms with van der Waals surface area (Å²) in [6.07, 6.45) is 1.89. The van der Waals surface area contributed by atoms with Gasteiger partial charge in [-0.3, -0.25) is 4.79 Å². The monoisotopic (exact) mass is 306 g/mol. The molecule has 0 aromatic carbocycles. The molecule has 1 fully saturated rings. The molecule has 1 N–H and O–H groups in total. The van der Waals surface area contributed by atoms with Gasteiger partial charge in [0, 0.05) is 13.1 Å². The smallest absolute Gasteiger partial charge is 0.324 e. The minimum Gasteiger partial charge on any atom is -0.459 e. The summed E-state index contributed by atoms with van der Waals surface area (Å²) in [6, 6.07) is -0.892. The fourth-order valence-electron chi connectivity index (χ4n) is 2.10. The van der Waals surface area contributed by atoms with Crippen molar-refractivity contribution >= 4 is 16.2 Å². The molecular weight excluding hydrogens is 280 g/mol. The number of hydrogen-bond acceptors (Lipinski definition) is 4. The zero-order valence-corrected chi connectivity index (χ0v) is 13.8. The van der Waals surface area contributed by atoms with Gasteiger partial charge in [-0.05, 0) is 46.5 Å². The Bertz CT molecular complexity index is 442. The number of carbonyl (C=O) groups is 1. The van der Waals surface area contributed by atoms with Crippen molar-refractivity contribution in [2.45, 2.75) is 59.1 Å². The molecule has 1 heterocycles. The molecule has 1 saturated heterocycles. The fraction of sp³-hybridized carbons (Fsp3) is 0.923. The van der Waals surface area contributed by atoms with Crippen LogP contribution in [0.1, 0.15) is 47.5 Å². The standard InChI is InChI=1S/C13H26N2O4S/c1-10-7-6-8-15(9-10)20(17,18)14-11(2)12(16)19-13(3,4)5/h10-11,14H,6-9H2,1-5H3/t10?,11-/m0/s1. The van der Waals surface area contributed by atoms with E-state index >= 15 is 0 Å². The molecule has 1 aliphatic heterocycles. The molecule has 20 heavy (non-hydrogen) atoms. The van der Waals surface area contributed by atoms with Crippen molar-refractivity contribution in [1.29, 1.82) is 0 Å². The summed E-state index contributed by atoms with van der Waals surface area (Å²) in [6.45, 7) is 9.77. The van der Waals surface area contributed by atoms with E-state index in [2.05, 4.69) is 4.72 Å². The Labute approximate surface area is 122 Å². The van der Waals surface area contributed by atoms with Crippen LogP contribution in [0.2, 0.25) is 0 Å². The third-order valence-corrected chi connectivity index (χ3v) is 4.71. The van der Waals surface area contributed by atoms with Crippen LogP contribution in [0.15, 0.2) is 0 Å². The first-order valence-corrected chi connectivity index (χ1v) is 8.45. The minimum atomic E-state index is -3.63. The summed E-state index contributed by atoms with van der Waals surface area (Å²) in [5, 5.41) is 0. The van der Waals surface area contributed by atoms with Gasteiger partial charge in [0.05, 0.1) is 0 Å². The van der Waals surface area contributed by atoms with Gasteiger partial charge in [0.2, 0.25) is 0 Å². The third-order valence-electron chi connectivity index (χ3n) is 3.05. The second-order valence-corrected chi connectivity index (χ2v) is 8.19. The molecule has 0 bridgehead atoms. The van der Waals surface area contributed by atoms with Crippen LogP contribution in [0.5, 0.6) is 0 Å². The zero-order chi connectivity index (χ0) is 15.6. The van der Waals surface area contributed by atoms with Crippen molar-refractivity contribution in [2.24, 2.45) is 5.92 Å². The second-order valence-electron chi connectivity index (χ2n) is 6.48. The lowest BCUT2D eigenvalue weighted by atomic mass is 10.0. The molecule has 0 spiro atoms. The molecule has 0 amide bonds. The molecular formula is C13H26N2O4S. The molecule has 1 rings (SSSR count). The van der Waals surface area contributed by atoms with E-state index in [4.69, 9.17) is 4.74 Å². The van der Waals surface area contributed by atoms with Gasteiger partial charge in [-0.25, -0.2) is 0 Å². The van der Waals surface area contributed by atoms with E-state index in [0.717, 1.165) is 12.8 Å². The lowest BCUT2D eigenvalue weighted by Crippen LogP contribution is -2.50. The zero-order valence-electron chi connectivity index (χ0n) is 13.0. The van der Waals surface area contributed by atoms with Gasteiger partial charge < -0.3 is 4.74 Å². The maximum absolute atomic E-state index is 12.2. The lowest BCUT2D eigenvalue weighted by molar-refractivity contribution is -0.156. The Hall–Kier alpha value is -0.660. The van der Waals surface area contributed by atoms with Crippen molar-refractivity contribution in [3.8, 4) is 0 Å². The Balaban J connectivity index is 2.63. The number of piperidine rings is 1. The quantitative estimate of drug-likeness (QED) is 0.794. The van der Waals surface area contributed by atoms with Gasteiger partial charge in [0.1, 0.15) is 11.6 Å². The summed E-state index contributed by atoms with van der Waals surface area (Å²) in [7, 11) is -3.63. The van der Waals surface area contributed by atoms with Gasteiger partial charge in [-0.15, -0.1) is 0 Å². The number of nitrogens with zero attached hydrogens (tertiary/aromatic N) is 1. The van der Waals surface area contributed by atoms with Crippen LogP contribution in [0.4, 0.5) is 0 Å². The highest BCUT2D eigenvalue weighted by Gasteiger charge is 2.31. The van der Waals surface area contributed by atoms with Gasteiger partial charge in [0.15, 0.2) is 0 Å². The molecule has 0 aromatic rings. The number of ether oxygens (including phenoxy) is 1. The Morgan fingerprint density at radius 3 is 2.50 bits per heavy atom. The first-order valence-electron chi connectivity index (χ1n) is 7.01. The molecule has 0 radical (unpaired) electrons. The van der Waals surface area contributed by atoms with Crippen molar-refractivity contribution in [2.75, 3.05) is 13.1 Å². The molecule has 6 nitrogen and oxygen atoms in total. The molecule has 0 aliphatic carbocycles. The lowest BCUT2D eigenvalue weighted by Gasteiger charge is -2.31. The van der Waals surface area contributed by atoms with Gasteiger partial charge in [0.25, 0.3) is 10.2 Å². The minimum absolute atomic E-state index is 0.345. The molecule has 1 unspecified atom stereocenters. The van der Waals surface area contributed by atoms with Crippen molar-refractivity contribution in [3.05, 3.63) is 0 Å². The molecule has 0 aromatic heterocycles. The summed E-state index contributed by atoms with van der Waals surface area (Å²) in [4.78, 5) is 11.8. The van der Waals surface area contributed by atoms with Crippen LogP contribution in [-0.2, 0) is 19.7 Å². The highest BCUT2D eigenvalue weighted by molar-refractivity contribution is 7.87. The molecule has 118 valence electrons. The normalized spacial score (nSPS) is 23.4. The topological polar surface area (TPSA) is 75.7 Å². The molecule has 0 saturated carbocycles. The highest BCUT2D eigenvalue weighted by atomic mass is 32.2. The van der Waals surface area contributed by atoms with Gasteiger partial charge in [-0.2, -0.15) is 17.4 Å². The van der Waals surface area contributed by atoms with Crippen LogP contribution in [0, 0.1) is 5.92 Å². The number of rotatable bonds is 4. The summed E-state index contributed by atoms with van der Waals surface area (Å²) >= 11 is 0. The number of carbonyl (C=O) groups excluding carboxylic acids is 1. The predicted octanol–water partition coefficient (Wildman–Crippen LogP) is 1.28. The predicted molar refractivity (Wildman–Crippen MR) is 77.3 cm³/mol. The van der Waals surface area contributed by atoms with E-state index in [9.17, 15) is 13.2 Å². The molecule has 2 atom stereocenters. The van der Waals surface area contributed by atoms with E-state index in [1.54, 1.807) is 20.8 Å². The number of hydrogen-bond donors (Lipinski definition) is 1. The van der Waals surface area contributed by atoms with E-state index in [1.807, 2.05) is 6.92 Å². The first-order chi connectivity index (χ1) is 9.01. The average molecular weight is 306 g/mol. The van der Waals surface area contributed by atoms with Crippen molar-refractivity contribution in [3.63, 3.8) is 0 Å². The van der Waals surface area contributed by atoms with E-state index < -0.39 is 27.8 Å². The maximum Gasteiger partial charge on any atom is 0.324 e. The van der Waals surface area contributed by atoms with Gasteiger partial charge in [-0.1, -0.05) is 6.92 Å². The van der Waals surface area contributed by atoms with Crippen LogP contribution >= 0.6 is 0 Å². The van der Waals surface area contributed by atoms with Crippen molar-refractivity contribution in [1.82, 2.24) is 9.03 Å². The Kier molecular flexibility index (Phi) is 5.57. The number of nitrogens with one attached hydrogen (secondary N) is 1. The van der Waals surface area contributed by atoms with E-state index in [0.29, 0.717) is 19.0 Å². The molecule has 7 heteroatoms. The number of esters is 1. The average Bonchev–Trinajstić information content (AvgIpc) is 2.26. The Morgan fingerprint density at radius 1 is 1.40 bits per heavy atom. The van der Waals surface area contributed by atoms with E-state index in [1.165, 1.54) is 11.2 Å². The van der Waals surface area contributed by atoms with Crippen molar-refractivity contribution < 1.29 is 17.9 Å². The van der Waals surface area contributed by atoms with E-state index in [-0.39, 0.29) is 0 Å². The van der Waals surface area contributed by atoms with Crippen LogP contribution in [0.3, 0.4) is 0 Å². The van der Waals surface area contributed by atoms with Crippen LogP contribution in [-0.4, -0.2) is 43.4 Å². The SMILES string of the molecule is CC1CCCN(S(=O)(=O)N[C@@H](C)C(=O)OC(C)(C)C)C1. The highest BCUT2D eigenvalue weighted by Crippen LogP contribution is 2.18. The fourth-order valence-corrected chi connectivity index (χ4v) is 3.61. The second kappa shape index (κ2) is 6.41. The van der Waals surface area contributed by atoms with Crippen LogP contribution in [0.25, 0.3) is 0 Å². The van der Waals surface area contributed by atoms with Crippen LogP contribution < -0.4 is 4.72 Å². The Morgan fingerprint density at radius 2 is 2.00 bits per heavy atom. The summed E-state index contributed by atoms with van der Waals surface area (Å²) in [5.74, 6) is -0.219. The summed E-state index contributed by atoms with van der Waals surface area (Å²) in [5.41, 5.74) is -0.629. The maximum atomic E-state index is 12.2. The molecule has 1 aliphatic rings.